The second-order valence-electron chi connectivity index (χ2n) is 9.41. The third-order valence-corrected chi connectivity index (χ3v) is 8.06. The smallest absolute Gasteiger partial charge is 0.135 e. The second kappa shape index (κ2) is 10.7. The Balaban J connectivity index is 1.82. The zero-order valence-electron chi connectivity index (χ0n) is 21.6. The van der Waals surface area contributed by atoms with Crippen LogP contribution in [0.3, 0.4) is 0 Å². The van der Waals surface area contributed by atoms with Crippen LogP contribution in [0, 0.1) is 11.6 Å². The van der Waals surface area contributed by atoms with Gasteiger partial charge in [0.2, 0.25) is 0 Å². The van der Waals surface area contributed by atoms with Crippen molar-refractivity contribution in [3.8, 4) is 44.9 Å². The van der Waals surface area contributed by atoms with E-state index in [4.69, 9.17) is 9.47 Å². The Morgan fingerprint density at radius 2 is 0.875 bits per heavy atom. The highest BCUT2D eigenvalue weighted by atomic mass is 79.9. The van der Waals surface area contributed by atoms with Gasteiger partial charge in [-0.3, -0.25) is 0 Å². The van der Waals surface area contributed by atoms with Gasteiger partial charge < -0.3 is 9.47 Å². The molecule has 0 atom stereocenters. The van der Waals surface area contributed by atoms with Crippen LogP contribution in [0.1, 0.15) is 0 Å². The Morgan fingerprint density at radius 3 is 1.23 bits per heavy atom. The zero-order valence-corrected chi connectivity index (χ0v) is 24.7. The summed E-state index contributed by atoms with van der Waals surface area (Å²) in [6.45, 7) is 0. The first-order chi connectivity index (χ1) is 19.4. The number of benzene rings is 6. The molecular weight excluding hydrogens is 638 g/mol. The third kappa shape index (κ3) is 4.65. The Hall–Kier alpha value is -3.74. The summed E-state index contributed by atoms with van der Waals surface area (Å²) in [7, 11) is 3.29. The first kappa shape index (κ1) is 26.5. The Kier molecular flexibility index (Phi) is 7.07. The highest BCUT2D eigenvalue weighted by Crippen LogP contribution is 2.52. The standard InChI is InChI=1S/C34H22Br2F2O2/c1-39-33-29(19-3-9-25(37)10-4-19)17-21-15-23(35)7-13-27(21)31(33)32-28-14-8-24(36)16-22(28)18-30(34(32)40-2)20-5-11-26(38)12-6-20/h3-18H,1-2H3. The molecule has 0 saturated carbocycles. The van der Waals surface area contributed by atoms with Gasteiger partial charge in [0.15, 0.2) is 0 Å². The Morgan fingerprint density at radius 1 is 0.500 bits per heavy atom. The van der Waals surface area contributed by atoms with Crippen molar-refractivity contribution in [2.45, 2.75) is 0 Å². The summed E-state index contributed by atoms with van der Waals surface area (Å²) in [5.41, 5.74) is 4.98. The van der Waals surface area contributed by atoms with Crippen LogP contribution in [0.15, 0.2) is 106 Å². The topological polar surface area (TPSA) is 18.5 Å². The molecule has 0 fully saturated rings. The van der Waals surface area contributed by atoms with E-state index in [2.05, 4.69) is 68.3 Å². The average molecular weight is 660 g/mol. The maximum absolute atomic E-state index is 13.9. The summed E-state index contributed by atoms with van der Waals surface area (Å²) >= 11 is 7.24. The number of hydrogen-bond acceptors (Lipinski definition) is 2. The van der Waals surface area contributed by atoms with E-state index in [1.54, 1.807) is 38.5 Å². The van der Waals surface area contributed by atoms with Crippen molar-refractivity contribution in [1.82, 2.24) is 0 Å². The molecule has 0 spiro atoms. The molecule has 0 aliphatic carbocycles. The molecule has 40 heavy (non-hydrogen) atoms. The molecule has 0 radical (unpaired) electrons. The van der Waals surface area contributed by atoms with Crippen molar-refractivity contribution in [1.29, 1.82) is 0 Å². The van der Waals surface area contributed by atoms with E-state index in [1.807, 2.05) is 12.1 Å². The fraction of sp³-hybridized carbons (Fsp3) is 0.0588. The monoisotopic (exact) mass is 658 g/mol. The van der Waals surface area contributed by atoms with Crippen molar-refractivity contribution in [3.05, 3.63) is 118 Å². The molecule has 0 saturated heterocycles. The first-order valence-electron chi connectivity index (χ1n) is 12.5. The van der Waals surface area contributed by atoms with Gasteiger partial charge in [-0.1, -0.05) is 68.3 Å². The molecule has 0 unspecified atom stereocenters. The number of fused-ring (bicyclic) bond motifs is 2. The van der Waals surface area contributed by atoms with E-state index in [0.29, 0.717) is 11.5 Å². The van der Waals surface area contributed by atoms with Gasteiger partial charge in [-0.25, -0.2) is 8.78 Å². The highest BCUT2D eigenvalue weighted by molar-refractivity contribution is 9.10. The molecular formula is C34H22Br2F2O2. The Labute approximate surface area is 247 Å². The summed E-state index contributed by atoms with van der Waals surface area (Å²) in [6, 6.07) is 29.1. The second-order valence-corrected chi connectivity index (χ2v) is 11.2. The van der Waals surface area contributed by atoms with Crippen molar-refractivity contribution >= 4 is 53.4 Å². The van der Waals surface area contributed by atoms with Crippen LogP contribution in [-0.2, 0) is 0 Å². The van der Waals surface area contributed by atoms with Crippen molar-refractivity contribution < 1.29 is 18.3 Å². The summed E-state index contributed by atoms with van der Waals surface area (Å²) in [5.74, 6) is 0.661. The predicted molar refractivity (Wildman–Crippen MR) is 166 cm³/mol. The molecule has 0 bridgehead atoms. The zero-order chi connectivity index (χ0) is 28.0. The average Bonchev–Trinajstić information content (AvgIpc) is 2.96. The highest BCUT2D eigenvalue weighted by Gasteiger charge is 2.25. The van der Waals surface area contributed by atoms with Crippen LogP contribution in [-0.4, -0.2) is 14.2 Å². The van der Waals surface area contributed by atoms with E-state index in [-0.39, 0.29) is 11.6 Å². The minimum atomic E-state index is -0.309. The van der Waals surface area contributed by atoms with Gasteiger partial charge in [0.05, 0.1) is 14.2 Å². The fourth-order valence-corrected chi connectivity index (χ4v) is 6.08. The third-order valence-electron chi connectivity index (χ3n) is 7.08. The minimum Gasteiger partial charge on any atom is -0.495 e. The van der Waals surface area contributed by atoms with E-state index in [0.717, 1.165) is 63.9 Å². The normalized spacial score (nSPS) is 11.2. The predicted octanol–water partition coefficient (Wildman–Crippen LogP) is 10.8. The molecule has 0 aliphatic heterocycles. The van der Waals surface area contributed by atoms with E-state index < -0.39 is 0 Å². The van der Waals surface area contributed by atoms with Gasteiger partial charge in [-0.05, 0) is 93.3 Å². The largest absolute Gasteiger partial charge is 0.495 e. The minimum absolute atomic E-state index is 0.309. The number of halogens is 4. The molecule has 6 heteroatoms. The molecule has 6 aromatic carbocycles. The summed E-state index contributed by atoms with van der Waals surface area (Å²) < 4.78 is 42.0. The number of rotatable bonds is 5. The summed E-state index contributed by atoms with van der Waals surface area (Å²) in [4.78, 5) is 0. The lowest BCUT2D eigenvalue weighted by Crippen LogP contribution is -1.99. The van der Waals surface area contributed by atoms with Crippen molar-refractivity contribution in [2.75, 3.05) is 14.2 Å². The van der Waals surface area contributed by atoms with Crippen LogP contribution in [0.4, 0.5) is 8.78 Å². The van der Waals surface area contributed by atoms with E-state index in [9.17, 15) is 8.78 Å². The van der Waals surface area contributed by atoms with Gasteiger partial charge in [0, 0.05) is 31.2 Å². The van der Waals surface area contributed by atoms with Crippen molar-refractivity contribution in [2.24, 2.45) is 0 Å². The number of hydrogen-bond donors (Lipinski definition) is 0. The van der Waals surface area contributed by atoms with Gasteiger partial charge in [0.25, 0.3) is 0 Å². The quantitative estimate of drug-likeness (QED) is 0.183. The molecule has 0 aliphatic rings. The van der Waals surface area contributed by atoms with Crippen LogP contribution in [0.25, 0.3) is 54.9 Å². The maximum Gasteiger partial charge on any atom is 0.135 e. The van der Waals surface area contributed by atoms with E-state index >= 15 is 0 Å². The molecule has 2 nitrogen and oxygen atoms in total. The van der Waals surface area contributed by atoms with Gasteiger partial charge in [-0.2, -0.15) is 0 Å². The van der Waals surface area contributed by atoms with Gasteiger partial charge in [0.1, 0.15) is 23.1 Å². The number of ether oxygens (including phenoxy) is 2. The van der Waals surface area contributed by atoms with Gasteiger partial charge >= 0.3 is 0 Å². The van der Waals surface area contributed by atoms with Crippen LogP contribution >= 0.6 is 31.9 Å². The summed E-state index contributed by atoms with van der Waals surface area (Å²) in [5, 5.41) is 3.88. The first-order valence-corrected chi connectivity index (χ1v) is 14.1. The molecule has 0 heterocycles. The SMILES string of the molecule is COc1c(-c2ccc(F)cc2)cc2cc(Br)ccc2c1-c1c(OC)c(-c2ccc(F)cc2)cc2cc(Br)ccc12. The summed E-state index contributed by atoms with van der Waals surface area (Å²) in [6.07, 6.45) is 0. The molecule has 6 rings (SSSR count). The molecule has 198 valence electrons. The molecule has 6 aromatic rings. The lowest BCUT2D eigenvalue weighted by atomic mass is 9.86. The molecule has 0 N–H and O–H groups in total. The van der Waals surface area contributed by atoms with Crippen LogP contribution in [0.2, 0.25) is 0 Å². The lowest BCUT2D eigenvalue weighted by Gasteiger charge is -2.23. The Bertz CT molecular complexity index is 1760. The molecule has 0 amide bonds. The van der Waals surface area contributed by atoms with Crippen LogP contribution in [0.5, 0.6) is 11.5 Å². The maximum atomic E-state index is 13.9. The lowest BCUT2D eigenvalue weighted by molar-refractivity contribution is 0.413. The fourth-order valence-electron chi connectivity index (χ4n) is 5.33. The number of methoxy groups -OCH3 is 2. The van der Waals surface area contributed by atoms with Crippen LogP contribution < -0.4 is 9.47 Å². The molecule has 0 aromatic heterocycles. The van der Waals surface area contributed by atoms with Gasteiger partial charge in [-0.15, -0.1) is 0 Å². The van der Waals surface area contributed by atoms with Crippen molar-refractivity contribution in [3.63, 3.8) is 0 Å². The van der Waals surface area contributed by atoms with E-state index in [1.165, 1.54) is 24.3 Å².